The lowest BCUT2D eigenvalue weighted by atomic mass is 10.0. The van der Waals surface area contributed by atoms with Crippen molar-refractivity contribution in [2.45, 2.75) is 31.7 Å². The number of piperidine rings is 1. The lowest BCUT2D eigenvalue weighted by Crippen LogP contribution is -2.44. The zero-order chi connectivity index (χ0) is 19.7. The Balaban J connectivity index is 1.36. The number of alkyl halides is 2. The molecule has 1 aliphatic rings. The molecule has 1 saturated heterocycles. The van der Waals surface area contributed by atoms with Crippen molar-refractivity contribution in [2.24, 2.45) is 7.05 Å². The van der Waals surface area contributed by atoms with Crippen LogP contribution in [0.3, 0.4) is 0 Å². The lowest BCUT2D eigenvalue weighted by Gasteiger charge is -2.34. The molecular weight excluding hydrogens is 364 g/mol. The predicted molar refractivity (Wildman–Crippen MR) is 102 cm³/mol. The number of hydrogen-bond acceptors (Lipinski definition) is 6. The standard InChI is InChI=1S/C19H23F2N7/c1-13-9-23-16(10-22-13)19(20,21)11-28-7-3-14(4-8-28)26-17-15-5-6-27(2)18(15)25-12-24-17/h5-6,9-10,12,14H,3-4,7-8,11H2,1-2H3,(H,24,25,26). The number of nitrogens with zero attached hydrogens (tertiary/aromatic N) is 6. The monoisotopic (exact) mass is 387 g/mol. The van der Waals surface area contributed by atoms with E-state index in [9.17, 15) is 8.78 Å². The van der Waals surface area contributed by atoms with Gasteiger partial charge >= 0.3 is 5.92 Å². The van der Waals surface area contributed by atoms with Gasteiger partial charge in [0.2, 0.25) is 0 Å². The summed E-state index contributed by atoms with van der Waals surface area (Å²) in [6.45, 7) is 2.58. The van der Waals surface area contributed by atoms with Crippen molar-refractivity contribution in [1.29, 1.82) is 0 Å². The molecule has 28 heavy (non-hydrogen) atoms. The highest BCUT2D eigenvalue weighted by Gasteiger charge is 2.37. The SMILES string of the molecule is Cc1cnc(C(F)(F)CN2CCC(Nc3ncnc4c3ccn4C)CC2)cn1. The second kappa shape index (κ2) is 7.38. The molecule has 1 fully saturated rings. The van der Waals surface area contributed by atoms with Crippen LogP contribution in [0.2, 0.25) is 0 Å². The van der Waals surface area contributed by atoms with Crippen molar-refractivity contribution >= 4 is 16.9 Å². The number of fused-ring (bicyclic) bond motifs is 1. The van der Waals surface area contributed by atoms with Crippen LogP contribution in [-0.4, -0.2) is 55.1 Å². The topological polar surface area (TPSA) is 71.8 Å². The highest BCUT2D eigenvalue weighted by molar-refractivity contribution is 5.87. The number of aromatic nitrogens is 5. The molecule has 0 radical (unpaired) electrons. The molecule has 0 atom stereocenters. The summed E-state index contributed by atoms with van der Waals surface area (Å²) in [6, 6.07) is 2.18. The summed E-state index contributed by atoms with van der Waals surface area (Å²) in [6.07, 6.45) is 7.59. The van der Waals surface area contributed by atoms with Crippen LogP contribution in [0.1, 0.15) is 24.2 Å². The highest BCUT2D eigenvalue weighted by atomic mass is 19.3. The third-order valence-corrected chi connectivity index (χ3v) is 5.17. The molecular formula is C19H23F2N7. The number of anilines is 1. The van der Waals surface area contributed by atoms with E-state index in [0.717, 1.165) is 29.7 Å². The Hall–Kier alpha value is -2.68. The molecule has 0 saturated carbocycles. The van der Waals surface area contributed by atoms with Gasteiger partial charge in [-0.25, -0.2) is 9.97 Å². The van der Waals surface area contributed by atoms with E-state index >= 15 is 0 Å². The van der Waals surface area contributed by atoms with Gasteiger partial charge < -0.3 is 9.88 Å². The Morgan fingerprint density at radius 3 is 2.64 bits per heavy atom. The number of halogens is 2. The molecule has 4 rings (SSSR count). The molecule has 9 heteroatoms. The average Bonchev–Trinajstić information content (AvgIpc) is 3.06. The third kappa shape index (κ3) is 3.80. The minimum atomic E-state index is -3.01. The van der Waals surface area contributed by atoms with E-state index < -0.39 is 5.92 Å². The smallest absolute Gasteiger partial charge is 0.303 e. The molecule has 0 aliphatic carbocycles. The van der Waals surface area contributed by atoms with Gasteiger partial charge in [-0.05, 0) is 25.8 Å². The van der Waals surface area contributed by atoms with E-state index in [1.165, 1.54) is 12.4 Å². The molecule has 1 N–H and O–H groups in total. The van der Waals surface area contributed by atoms with E-state index in [-0.39, 0.29) is 18.3 Å². The van der Waals surface area contributed by atoms with Crippen molar-refractivity contribution in [3.05, 3.63) is 42.4 Å². The maximum absolute atomic E-state index is 14.5. The largest absolute Gasteiger partial charge is 0.367 e. The Morgan fingerprint density at radius 2 is 1.93 bits per heavy atom. The van der Waals surface area contributed by atoms with Crippen molar-refractivity contribution in [1.82, 2.24) is 29.4 Å². The van der Waals surface area contributed by atoms with E-state index in [1.807, 2.05) is 23.9 Å². The number of rotatable bonds is 5. The Kier molecular flexibility index (Phi) is 4.92. The van der Waals surface area contributed by atoms with Crippen molar-refractivity contribution in [3.63, 3.8) is 0 Å². The van der Waals surface area contributed by atoms with Crippen LogP contribution < -0.4 is 5.32 Å². The van der Waals surface area contributed by atoms with Crippen LogP contribution >= 0.6 is 0 Å². The predicted octanol–water partition coefficient (Wildman–Crippen LogP) is 2.74. The molecule has 148 valence electrons. The van der Waals surface area contributed by atoms with Crippen molar-refractivity contribution in [3.8, 4) is 0 Å². The summed E-state index contributed by atoms with van der Waals surface area (Å²) in [5.74, 6) is -2.21. The number of nitrogens with one attached hydrogen (secondary N) is 1. The number of likely N-dealkylation sites (tertiary alicyclic amines) is 1. The van der Waals surface area contributed by atoms with Gasteiger partial charge in [0.25, 0.3) is 0 Å². The van der Waals surface area contributed by atoms with E-state index in [2.05, 4.69) is 25.3 Å². The third-order valence-electron chi connectivity index (χ3n) is 5.17. The molecule has 3 aromatic rings. The fraction of sp³-hybridized carbons (Fsp3) is 0.474. The van der Waals surface area contributed by atoms with Gasteiger partial charge in [-0.1, -0.05) is 0 Å². The van der Waals surface area contributed by atoms with Crippen LogP contribution in [-0.2, 0) is 13.0 Å². The van der Waals surface area contributed by atoms with Crippen LogP contribution in [0, 0.1) is 6.92 Å². The van der Waals surface area contributed by atoms with Gasteiger partial charge in [-0.2, -0.15) is 8.78 Å². The summed E-state index contributed by atoms with van der Waals surface area (Å²) in [7, 11) is 1.94. The molecule has 0 aromatic carbocycles. The van der Waals surface area contributed by atoms with Crippen LogP contribution in [0.4, 0.5) is 14.6 Å². The average molecular weight is 387 g/mol. The molecule has 0 unspecified atom stereocenters. The Morgan fingerprint density at radius 1 is 1.14 bits per heavy atom. The minimum Gasteiger partial charge on any atom is -0.367 e. The Bertz CT molecular complexity index is 947. The van der Waals surface area contributed by atoms with Gasteiger partial charge in [-0.15, -0.1) is 0 Å². The van der Waals surface area contributed by atoms with E-state index in [4.69, 9.17) is 0 Å². The highest BCUT2D eigenvalue weighted by Crippen LogP contribution is 2.29. The van der Waals surface area contributed by atoms with Crippen LogP contribution in [0.25, 0.3) is 11.0 Å². The van der Waals surface area contributed by atoms with Gasteiger partial charge in [0.05, 0.1) is 23.8 Å². The first-order valence-corrected chi connectivity index (χ1v) is 9.34. The molecule has 0 bridgehead atoms. The number of aryl methyl sites for hydroxylation is 2. The van der Waals surface area contributed by atoms with Gasteiger partial charge in [0.15, 0.2) is 0 Å². The summed E-state index contributed by atoms with van der Waals surface area (Å²) in [4.78, 5) is 18.2. The molecule has 7 nitrogen and oxygen atoms in total. The quantitative estimate of drug-likeness (QED) is 0.726. The van der Waals surface area contributed by atoms with Crippen LogP contribution in [0.5, 0.6) is 0 Å². The normalized spacial score (nSPS) is 16.6. The van der Waals surface area contributed by atoms with E-state index in [1.54, 1.807) is 18.2 Å². The first-order chi connectivity index (χ1) is 13.4. The zero-order valence-corrected chi connectivity index (χ0v) is 15.9. The lowest BCUT2D eigenvalue weighted by molar-refractivity contribution is -0.0460. The summed E-state index contributed by atoms with van der Waals surface area (Å²) in [5, 5.41) is 4.43. The Labute approximate surface area is 161 Å². The molecule has 1 aliphatic heterocycles. The molecule has 3 aromatic heterocycles. The van der Waals surface area contributed by atoms with E-state index in [0.29, 0.717) is 18.8 Å². The number of hydrogen-bond donors (Lipinski definition) is 1. The van der Waals surface area contributed by atoms with Crippen molar-refractivity contribution in [2.75, 3.05) is 25.0 Å². The van der Waals surface area contributed by atoms with Gasteiger partial charge in [0.1, 0.15) is 23.5 Å². The maximum Gasteiger partial charge on any atom is 0.303 e. The molecule has 4 heterocycles. The zero-order valence-electron chi connectivity index (χ0n) is 15.9. The van der Waals surface area contributed by atoms with Gasteiger partial charge in [-0.3, -0.25) is 14.9 Å². The fourth-order valence-corrected chi connectivity index (χ4v) is 3.56. The molecule has 0 spiro atoms. The summed E-state index contributed by atoms with van der Waals surface area (Å²) in [5.41, 5.74) is 1.23. The summed E-state index contributed by atoms with van der Waals surface area (Å²) < 4.78 is 31.0. The first kappa shape index (κ1) is 18.7. The molecule has 0 amide bonds. The summed E-state index contributed by atoms with van der Waals surface area (Å²) >= 11 is 0. The first-order valence-electron chi connectivity index (χ1n) is 9.34. The second-order valence-corrected chi connectivity index (χ2v) is 7.33. The minimum absolute atomic E-state index is 0.197. The maximum atomic E-state index is 14.5. The van der Waals surface area contributed by atoms with Gasteiger partial charge in [0, 0.05) is 38.6 Å². The second-order valence-electron chi connectivity index (χ2n) is 7.33. The fourth-order valence-electron chi connectivity index (χ4n) is 3.56. The van der Waals surface area contributed by atoms with Crippen LogP contribution in [0.15, 0.2) is 31.0 Å². The van der Waals surface area contributed by atoms with Crippen molar-refractivity contribution < 1.29 is 8.78 Å².